The van der Waals surface area contributed by atoms with Crippen molar-refractivity contribution < 1.29 is 9.59 Å². The first-order valence-corrected chi connectivity index (χ1v) is 9.83. The molecule has 0 aliphatic heterocycles. The van der Waals surface area contributed by atoms with Gasteiger partial charge >= 0.3 is 0 Å². The fourth-order valence-corrected chi connectivity index (χ4v) is 3.90. The van der Waals surface area contributed by atoms with Gasteiger partial charge in [-0.2, -0.15) is 5.26 Å². The van der Waals surface area contributed by atoms with Gasteiger partial charge in [-0.3, -0.25) is 9.78 Å². The molecule has 7 nitrogen and oxygen atoms in total. The standard InChI is InChI=1S/C22H25N5O2/c1-16-13-24-14-20(26-16)21(29)27-19-6-3-7-22(11-19,15-28)8-9-25-18-5-2-4-17(10-18)12-23/h2,4-5,10,13-15,19,25H,3,6-9,11H2,1H3,(H,27,29)/t19-,22-/m0/s1. The number of aldehydes is 1. The first kappa shape index (κ1) is 20.5. The summed E-state index contributed by atoms with van der Waals surface area (Å²) in [6.07, 6.45) is 7.93. The molecule has 2 N–H and O–H groups in total. The molecular weight excluding hydrogens is 366 g/mol. The van der Waals surface area contributed by atoms with Crippen molar-refractivity contribution in [3.63, 3.8) is 0 Å². The summed E-state index contributed by atoms with van der Waals surface area (Å²) in [5, 5.41) is 15.3. The third kappa shape index (κ3) is 5.38. The number of nitriles is 1. The second-order valence-corrected chi connectivity index (χ2v) is 7.66. The summed E-state index contributed by atoms with van der Waals surface area (Å²) in [6.45, 7) is 2.42. The molecule has 0 bridgehead atoms. The van der Waals surface area contributed by atoms with Gasteiger partial charge in [-0.05, 0) is 50.8 Å². The normalized spacial score (nSPS) is 21.0. The molecular formula is C22H25N5O2. The van der Waals surface area contributed by atoms with Crippen LogP contribution in [-0.4, -0.2) is 34.7 Å². The van der Waals surface area contributed by atoms with Crippen molar-refractivity contribution in [3.05, 3.63) is 53.6 Å². The van der Waals surface area contributed by atoms with Crippen molar-refractivity contribution >= 4 is 17.9 Å². The van der Waals surface area contributed by atoms with E-state index in [1.165, 1.54) is 6.20 Å². The number of amides is 1. The zero-order valence-electron chi connectivity index (χ0n) is 16.5. The number of carbonyl (C=O) groups excluding carboxylic acids is 2. The minimum Gasteiger partial charge on any atom is -0.385 e. The van der Waals surface area contributed by atoms with Crippen LogP contribution >= 0.6 is 0 Å². The molecule has 2 aromatic rings. The van der Waals surface area contributed by atoms with Crippen LogP contribution in [0.5, 0.6) is 0 Å². The van der Waals surface area contributed by atoms with E-state index >= 15 is 0 Å². The van der Waals surface area contributed by atoms with Crippen molar-refractivity contribution in [1.82, 2.24) is 15.3 Å². The van der Waals surface area contributed by atoms with E-state index in [2.05, 4.69) is 26.7 Å². The number of anilines is 1. The maximum absolute atomic E-state index is 12.5. The number of aromatic nitrogens is 2. The van der Waals surface area contributed by atoms with Gasteiger partial charge in [0.15, 0.2) is 0 Å². The Bertz CT molecular complexity index is 923. The molecule has 1 aliphatic carbocycles. The van der Waals surface area contributed by atoms with Crippen LogP contribution in [0.25, 0.3) is 0 Å². The highest BCUT2D eigenvalue weighted by Gasteiger charge is 2.36. The zero-order chi connectivity index (χ0) is 20.7. The van der Waals surface area contributed by atoms with Gasteiger partial charge in [0.2, 0.25) is 0 Å². The summed E-state index contributed by atoms with van der Waals surface area (Å²) < 4.78 is 0. The van der Waals surface area contributed by atoms with Crippen molar-refractivity contribution in [2.45, 2.75) is 45.1 Å². The molecule has 1 aliphatic rings. The molecule has 150 valence electrons. The number of benzene rings is 1. The van der Waals surface area contributed by atoms with E-state index in [-0.39, 0.29) is 11.9 Å². The lowest BCUT2D eigenvalue weighted by Crippen LogP contribution is -2.44. The van der Waals surface area contributed by atoms with E-state index in [9.17, 15) is 9.59 Å². The topological polar surface area (TPSA) is 108 Å². The lowest BCUT2D eigenvalue weighted by atomic mass is 9.71. The fourth-order valence-electron chi connectivity index (χ4n) is 3.90. The molecule has 1 aromatic carbocycles. The Morgan fingerprint density at radius 1 is 1.41 bits per heavy atom. The van der Waals surface area contributed by atoms with Gasteiger partial charge in [-0.15, -0.1) is 0 Å². The molecule has 1 fully saturated rings. The Kier molecular flexibility index (Phi) is 6.55. The summed E-state index contributed by atoms with van der Waals surface area (Å²) in [6, 6.07) is 9.34. The summed E-state index contributed by atoms with van der Waals surface area (Å²) in [5.74, 6) is -0.251. The Balaban J connectivity index is 1.58. The van der Waals surface area contributed by atoms with Gasteiger partial charge in [0.1, 0.15) is 12.0 Å². The molecule has 0 unspecified atom stereocenters. The molecule has 1 heterocycles. The van der Waals surface area contributed by atoms with Crippen LogP contribution in [-0.2, 0) is 4.79 Å². The second kappa shape index (κ2) is 9.28. The number of aryl methyl sites for hydroxylation is 1. The fraction of sp³-hybridized carbons (Fsp3) is 0.409. The smallest absolute Gasteiger partial charge is 0.271 e. The molecule has 2 atom stereocenters. The highest BCUT2D eigenvalue weighted by Crippen LogP contribution is 2.37. The largest absolute Gasteiger partial charge is 0.385 e. The second-order valence-electron chi connectivity index (χ2n) is 7.66. The highest BCUT2D eigenvalue weighted by atomic mass is 16.2. The average Bonchev–Trinajstić information content (AvgIpc) is 2.74. The van der Waals surface area contributed by atoms with Crippen LogP contribution < -0.4 is 10.6 Å². The average molecular weight is 391 g/mol. The zero-order valence-corrected chi connectivity index (χ0v) is 16.5. The van der Waals surface area contributed by atoms with E-state index in [0.29, 0.717) is 36.3 Å². The van der Waals surface area contributed by atoms with E-state index in [0.717, 1.165) is 31.2 Å². The number of nitrogens with zero attached hydrogens (tertiary/aromatic N) is 3. The van der Waals surface area contributed by atoms with Crippen LogP contribution in [0.3, 0.4) is 0 Å². The molecule has 1 saturated carbocycles. The van der Waals surface area contributed by atoms with Crippen LogP contribution in [0.1, 0.15) is 53.8 Å². The van der Waals surface area contributed by atoms with Crippen molar-refractivity contribution in [1.29, 1.82) is 5.26 Å². The summed E-state index contributed by atoms with van der Waals surface area (Å²) in [7, 11) is 0. The summed E-state index contributed by atoms with van der Waals surface area (Å²) in [5.41, 5.74) is 1.99. The van der Waals surface area contributed by atoms with Crippen molar-refractivity contribution in [3.8, 4) is 6.07 Å². The first-order valence-electron chi connectivity index (χ1n) is 9.83. The Labute approximate surface area is 170 Å². The predicted molar refractivity (Wildman–Crippen MR) is 109 cm³/mol. The minimum atomic E-state index is -0.464. The molecule has 7 heteroatoms. The summed E-state index contributed by atoms with van der Waals surface area (Å²) >= 11 is 0. The lowest BCUT2D eigenvalue weighted by molar-refractivity contribution is -0.118. The summed E-state index contributed by atoms with van der Waals surface area (Å²) in [4.78, 5) is 32.7. The Morgan fingerprint density at radius 2 is 2.28 bits per heavy atom. The minimum absolute atomic E-state index is 0.0642. The van der Waals surface area contributed by atoms with Gasteiger partial charge in [0.25, 0.3) is 5.91 Å². The van der Waals surface area contributed by atoms with Gasteiger partial charge < -0.3 is 15.4 Å². The van der Waals surface area contributed by atoms with Crippen molar-refractivity contribution in [2.24, 2.45) is 5.41 Å². The van der Waals surface area contributed by atoms with Crippen LogP contribution in [0.4, 0.5) is 5.69 Å². The monoisotopic (exact) mass is 391 g/mol. The van der Waals surface area contributed by atoms with E-state index in [1.54, 1.807) is 25.3 Å². The highest BCUT2D eigenvalue weighted by molar-refractivity contribution is 5.92. The number of hydrogen-bond donors (Lipinski definition) is 2. The number of hydrogen-bond acceptors (Lipinski definition) is 6. The molecule has 0 spiro atoms. The van der Waals surface area contributed by atoms with E-state index < -0.39 is 5.41 Å². The SMILES string of the molecule is Cc1cncc(C(=O)N[C@H]2CCC[C@](C=O)(CCNc3cccc(C#N)c3)C2)n1. The Hall–Kier alpha value is -3.27. The predicted octanol–water partition coefficient (Wildman–Crippen LogP) is 3.02. The van der Waals surface area contributed by atoms with Gasteiger partial charge in [0.05, 0.1) is 23.5 Å². The molecule has 1 amide bonds. The van der Waals surface area contributed by atoms with Gasteiger partial charge in [-0.1, -0.05) is 12.5 Å². The lowest BCUT2D eigenvalue weighted by Gasteiger charge is -2.37. The van der Waals surface area contributed by atoms with Crippen LogP contribution in [0, 0.1) is 23.7 Å². The third-order valence-corrected chi connectivity index (χ3v) is 5.40. The first-order chi connectivity index (χ1) is 14.0. The molecule has 0 radical (unpaired) electrons. The van der Waals surface area contributed by atoms with Gasteiger partial charge in [0, 0.05) is 29.9 Å². The number of nitrogens with one attached hydrogen (secondary N) is 2. The van der Waals surface area contributed by atoms with Crippen LogP contribution in [0.15, 0.2) is 36.7 Å². The maximum Gasteiger partial charge on any atom is 0.271 e. The number of rotatable bonds is 7. The molecule has 29 heavy (non-hydrogen) atoms. The molecule has 1 aromatic heterocycles. The number of carbonyl (C=O) groups is 2. The Morgan fingerprint density at radius 3 is 3.03 bits per heavy atom. The maximum atomic E-state index is 12.5. The molecule has 0 saturated heterocycles. The quantitative estimate of drug-likeness (QED) is 0.703. The third-order valence-electron chi connectivity index (χ3n) is 5.40. The van der Waals surface area contributed by atoms with Crippen LogP contribution in [0.2, 0.25) is 0 Å². The van der Waals surface area contributed by atoms with E-state index in [4.69, 9.17) is 5.26 Å². The van der Waals surface area contributed by atoms with E-state index in [1.807, 2.05) is 12.1 Å². The van der Waals surface area contributed by atoms with Gasteiger partial charge in [-0.25, -0.2) is 4.98 Å². The van der Waals surface area contributed by atoms with Crippen molar-refractivity contribution in [2.75, 3.05) is 11.9 Å². The molecule has 3 rings (SSSR count).